The summed E-state index contributed by atoms with van der Waals surface area (Å²) in [5.74, 6) is 0.452. The Morgan fingerprint density at radius 1 is 1.57 bits per heavy atom. The van der Waals surface area contributed by atoms with Crippen molar-refractivity contribution in [1.29, 1.82) is 5.26 Å². The zero-order valence-corrected chi connectivity index (χ0v) is 13.4. The van der Waals surface area contributed by atoms with E-state index in [1.165, 1.54) is 0 Å². The normalized spacial score (nSPS) is 26.2. The molecule has 23 heavy (non-hydrogen) atoms. The first kappa shape index (κ1) is 15.6. The number of hydrogen-bond acceptors (Lipinski definition) is 4. The molecule has 3 rings (SSSR count). The Hall–Kier alpha value is -2.29. The number of pyridine rings is 1. The molecule has 1 N–H and O–H groups in total. The molecule has 122 valence electrons. The van der Waals surface area contributed by atoms with Gasteiger partial charge in [0.05, 0.1) is 23.0 Å². The second-order valence-electron chi connectivity index (χ2n) is 6.55. The summed E-state index contributed by atoms with van der Waals surface area (Å²) in [6, 6.07) is 3.96. The van der Waals surface area contributed by atoms with Gasteiger partial charge in [-0.2, -0.15) is 5.26 Å². The molecule has 2 aliphatic heterocycles. The van der Waals surface area contributed by atoms with Gasteiger partial charge in [-0.05, 0) is 18.9 Å². The van der Waals surface area contributed by atoms with Crippen molar-refractivity contribution in [2.45, 2.75) is 38.1 Å². The lowest BCUT2D eigenvalue weighted by molar-refractivity contribution is -0.0759. The molecule has 1 amide bonds. The van der Waals surface area contributed by atoms with Gasteiger partial charge in [-0.1, -0.05) is 19.8 Å². The summed E-state index contributed by atoms with van der Waals surface area (Å²) in [4.78, 5) is 19.6. The van der Waals surface area contributed by atoms with Crippen molar-refractivity contribution in [3.63, 3.8) is 0 Å². The van der Waals surface area contributed by atoms with Gasteiger partial charge in [-0.25, -0.2) is 4.79 Å². The van der Waals surface area contributed by atoms with Gasteiger partial charge < -0.3 is 14.9 Å². The van der Waals surface area contributed by atoms with Crippen LogP contribution in [0.25, 0.3) is 0 Å². The highest BCUT2D eigenvalue weighted by Gasteiger charge is 2.57. The van der Waals surface area contributed by atoms with Gasteiger partial charge in [0.15, 0.2) is 0 Å². The monoisotopic (exact) mass is 314 g/mol. The van der Waals surface area contributed by atoms with Gasteiger partial charge in [0.2, 0.25) is 0 Å². The van der Waals surface area contributed by atoms with Gasteiger partial charge in [0.25, 0.3) is 0 Å². The van der Waals surface area contributed by atoms with Crippen molar-refractivity contribution in [2.75, 3.05) is 24.5 Å². The quantitative estimate of drug-likeness (QED) is 0.924. The fraction of sp³-hybridized carbons (Fsp3) is 0.588. The average Bonchev–Trinajstić information content (AvgIpc) is 2.54. The highest BCUT2D eigenvalue weighted by atomic mass is 16.4. The number of hydrogen-bond donors (Lipinski definition) is 1. The maximum absolute atomic E-state index is 11.6. The maximum Gasteiger partial charge on any atom is 0.407 e. The van der Waals surface area contributed by atoms with Crippen LogP contribution in [0.15, 0.2) is 18.5 Å². The van der Waals surface area contributed by atoms with Crippen molar-refractivity contribution in [3.8, 4) is 6.07 Å². The number of likely N-dealkylation sites (tertiary alicyclic amines) is 1. The minimum Gasteiger partial charge on any atom is -0.465 e. The molecule has 0 aromatic carbocycles. The topological polar surface area (TPSA) is 80.5 Å². The van der Waals surface area contributed by atoms with Crippen LogP contribution in [0.4, 0.5) is 10.5 Å². The molecule has 6 nitrogen and oxygen atoms in total. The number of fused-ring (bicyclic) bond motifs is 1. The molecule has 3 heterocycles. The number of nitriles is 1. The highest BCUT2D eigenvalue weighted by Crippen LogP contribution is 2.46. The number of nitrogens with zero attached hydrogens (tertiary/aromatic N) is 4. The van der Waals surface area contributed by atoms with E-state index >= 15 is 0 Å². The SMILES string of the molecule is CCCC[C@@]12CN(c3cncc(C#N)c3)CC[C@@H]1CN2C(=O)O. The molecule has 2 saturated heterocycles. The van der Waals surface area contributed by atoms with E-state index in [1.807, 2.05) is 6.07 Å². The van der Waals surface area contributed by atoms with Crippen LogP contribution in [0.1, 0.15) is 38.2 Å². The van der Waals surface area contributed by atoms with Crippen LogP contribution in [0, 0.1) is 17.2 Å². The number of amides is 1. The number of carbonyl (C=O) groups is 1. The van der Waals surface area contributed by atoms with Crippen LogP contribution in [-0.4, -0.2) is 46.3 Å². The zero-order chi connectivity index (χ0) is 16.4. The number of carboxylic acid groups (broad SMARTS) is 1. The summed E-state index contributed by atoms with van der Waals surface area (Å²) < 4.78 is 0. The molecular formula is C17H22N4O2. The minimum atomic E-state index is -0.817. The molecule has 0 radical (unpaired) electrons. The summed E-state index contributed by atoms with van der Waals surface area (Å²) in [5, 5.41) is 18.6. The summed E-state index contributed by atoms with van der Waals surface area (Å²) in [6.07, 6.45) is 6.49. The van der Waals surface area contributed by atoms with E-state index in [-0.39, 0.29) is 5.54 Å². The Kier molecular flexibility index (Phi) is 4.12. The first-order valence-electron chi connectivity index (χ1n) is 8.21. The van der Waals surface area contributed by atoms with E-state index in [9.17, 15) is 9.90 Å². The van der Waals surface area contributed by atoms with Crippen molar-refractivity contribution < 1.29 is 9.90 Å². The first-order valence-corrected chi connectivity index (χ1v) is 8.21. The van der Waals surface area contributed by atoms with Crippen LogP contribution in [0.3, 0.4) is 0 Å². The van der Waals surface area contributed by atoms with Crippen LogP contribution < -0.4 is 4.90 Å². The Bertz CT molecular complexity index is 642. The molecule has 0 saturated carbocycles. The molecule has 2 fully saturated rings. The second kappa shape index (κ2) is 6.07. The Morgan fingerprint density at radius 2 is 2.39 bits per heavy atom. The number of anilines is 1. The maximum atomic E-state index is 11.6. The van der Waals surface area contributed by atoms with Gasteiger partial charge in [-0.3, -0.25) is 4.98 Å². The molecule has 0 bridgehead atoms. The van der Waals surface area contributed by atoms with Crippen LogP contribution in [0.5, 0.6) is 0 Å². The molecule has 2 atom stereocenters. The lowest BCUT2D eigenvalue weighted by atomic mass is 9.67. The minimum absolute atomic E-state index is 0.275. The lowest BCUT2D eigenvalue weighted by Crippen LogP contribution is -2.75. The summed E-state index contributed by atoms with van der Waals surface area (Å²) >= 11 is 0. The number of piperidine rings is 1. The largest absolute Gasteiger partial charge is 0.465 e. The molecule has 6 heteroatoms. The molecular weight excluding hydrogens is 292 g/mol. The van der Waals surface area contributed by atoms with Gasteiger partial charge in [0.1, 0.15) is 6.07 Å². The Labute approximate surface area is 136 Å². The molecule has 1 aromatic rings. The molecule has 0 aliphatic carbocycles. The summed E-state index contributed by atoms with van der Waals surface area (Å²) in [6.45, 7) is 4.38. The Balaban J connectivity index is 1.85. The van der Waals surface area contributed by atoms with E-state index in [1.54, 1.807) is 17.3 Å². The first-order chi connectivity index (χ1) is 11.1. The predicted octanol–water partition coefficient (Wildman–Crippen LogP) is 2.70. The summed E-state index contributed by atoms with van der Waals surface area (Å²) in [7, 11) is 0. The average molecular weight is 314 g/mol. The smallest absolute Gasteiger partial charge is 0.407 e. The standard InChI is InChI=1S/C17H22N4O2/c1-2-3-5-17-12-20(15-7-13(8-18)9-19-10-15)6-4-14(17)11-21(17)16(22)23/h7,9-10,14H,2-6,11-12H2,1H3,(H,22,23)/t14-,17-/m1/s1. The van der Waals surface area contributed by atoms with E-state index in [0.717, 1.165) is 37.9 Å². The van der Waals surface area contributed by atoms with E-state index in [2.05, 4.69) is 22.9 Å². The van der Waals surface area contributed by atoms with Crippen LogP contribution >= 0.6 is 0 Å². The van der Waals surface area contributed by atoms with E-state index in [4.69, 9.17) is 5.26 Å². The number of unbranched alkanes of at least 4 members (excludes halogenated alkanes) is 1. The van der Waals surface area contributed by atoms with Crippen LogP contribution in [0.2, 0.25) is 0 Å². The molecule has 2 aliphatic rings. The lowest BCUT2D eigenvalue weighted by Gasteiger charge is -2.62. The predicted molar refractivity (Wildman–Crippen MR) is 86.3 cm³/mol. The van der Waals surface area contributed by atoms with E-state index < -0.39 is 6.09 Å². The number of aromatic nitrogens is 1. The van der Waals surface area contributed by atoms with Gasteiger partial charge >= 0.3 is 6.09 Å². The fourth-order valence-corrected chi connectivity index (χ4v) is 4.03. The number of rotatable bonds is 4. The third-order valence-electron chi connectivity index (χ3n) is 5.32. The molecule has 0 unspecified atom stereocenters. The van der Waals surface area contributed by atoms with Gasteiger partial charge in [0, 0.05) is 31.7 Å². The van der Waals surface area contributed by atoms with Crippen molar-refractivity contribution in [2.24, 2.45) is 5.92 Å². The highest BCUT2D eigenvalue weighted by molar-refractivity contribution is 5.68. The van der Waals surface area contributed by atoms with Crippen LogP contribution in [-0.2, 0) is 0 Å². The van der Waals surface area contributed by atoms with Gasteiger partial charge in [-0.15, -0.1) is 0 Å². The van der Waals surface area contributed by atoms with Crippen molar-refractivity contribution in [1.82, 2.24) is 9.88 Å². The Morgan fingerprint density at radius 3 is 3.09 bits per heavy atom. The van der Waals surface area contributed by atoms with Crippen molar-refractivity contribution in [3.05, 3.63) is 24.0 Å². The van der Waals surface area contributed by atoms with E-state index in [0.29, 0.717) is 24.6 Å². The zero-order valence-electron chi connectivity index (χ0n) is 13.4. The third-order valence-corrected chi connectivity index (χ3v) is 5.32. The fourth-order valence-electron chi connectivity index (χ4n) is 4.03. The molecule has 0 spiro atoms. The summed E-state index contributed by atoms with van der Waals surface area (Å²) in [5.41, 5.74) is 1.18. The second-order valence-corrected chi connectivity index (χ2v) is 6.55. The molecule has 1 aromatic heterocycles. The van der Waals surface area contributed by atoms with Crippen molar-refractivity contribution >= 4 is 11.8 Å². The third kappa shape index (κ3) is 2.61.